The second-order valence-electron chi connectivity index (χ2n) is 5.44. The first-order valence-corrected chi connectivity index (χ1v) is 10.2. The molecule has 3 aromatic carbocycles. The molecule has 0 saturated carbocycles. The largest absolute Gasteiger partial charge is 1.00 e. The van der Waals surface area contributed by atoms with Crippen LogP contribution in [0.4, 0.5) is 11.4 Å². The zero-order valence-electron chi connectivity index (χ0n) is 14.4. The molecule has 0 bridgehead atoms. The fourth-order valence-electron chi connectivity index (χ4n) is 2.39. The van der Waals surface area contributed by atoms with E-state index in [0.29, 0.717) is 5.69 Å². The number of phenols is 1. The number of azo groups is 1. The standard InChI is InChI=1S/C16H12N2O7S2.Na/c19-16-14(27(23,24)25)9-10-8-12(26(20,21)22)6-7-13(10)15(16)18-17-11-4-2-1-3-5-11;/h1-9,19H,(H,20,21,22)(H,23,24,25);/q;+1. The van der Waals surface area contributed by atoms with E-state index in [0.717, 1.165) is 18.2 Å². The summed E-state index contributed by atoms with van der Waals surface area (Å²) in [5.74, 6) is -0.843. The number of aromatic hydroxyl groups is 1. The minimum Gasteiger partial charge on any atom is -0.504 e. The smallest absolute Gasteiger partial charge is 0.504 e. The van der Waals surface area contributed by atoms with Crippen LogP contribution < -0.4 is 29.6 Å². The molecule has 0 aliphatic heterocycles. The van der Waals surface area contributed by atoms with Crippen molar-refractivity contribution < 1.29 is 60.6 Å². The molecule has 0 aromatic heterocycles. The van der Waals surface area contributed by atoms with Crippen molar-refractivity contribution in [2.24, 2.45) is 10.2 Å². The van der Waals surface area contributed by atoms with Gasteiger partial charge in [-0.05, 0) is 35.7 Å². The van der Waals surface area contributed by atoms with Crippen molar-refractivity contribution in [3.63, 3.8) is 0 Å². The fourth-order valence-corrected chi connectivity index (χ4v) is 3.52. The molecule has 12 heteroatoms. The summed E-state index contributed by atoms with van der Waals surface area (Å²) in [4.78, 5) is -1.36. The third-order valence-electron chi connectivity index (χ3n) is 3.62. The van der Waals surface area contributed by atoms with Gasteiger partial charge in [0, 0.05) is 5.39 Å². The number of hydrogen-bond donors (Lipinski definition) is 3. The van der Waals surface area contributed by atoms with Gasteiger partial charge in [-0.1, -0.05) is 24.3 Å². The Morgan fingerprint density at radius 1 is 0.786 bits per heavy atom. The minimum absolute atomic E-state index is 0. The predicted octanol–water partition coefficient (Wildman–Crippen LogP) is 0.458. The molecule has 0 aliphatic rings. The van der Waals surface area contributed by atoms with Gasteiger partial charge in [0.1, 0.15) is 10.6 Å². The van der Waals surface area contributed by atoms with Crippen LogP contribution in [0.25, 0.3) is 10.8 Å². The van der Waals surface area contributed by atoms with E-state index in [9.17, 15) is 26.5 Å². The van der Waals surface area contributed by atoms with Crippen molar-refractivity contribution in [2.75, 3.05) is 0 Å². The number of rotatable bonds is 4. The first-order valence-electron chi connectivity index (χ1n) is 7.29. The molecule has 0 spiro atoms. The van der Waals surface area contributed by atoms with Crippen LogP contribution in [-0.4, -0.2) is 31.0 Å². The molecule has 0 atom stereocenters. The topological polar surface area (TPSA) is 154 Å². The van der Waals surface area contributed by atoms with E-state index in [4.69, 9.17) is 4.55 Å². The Bertz CT molecular complexity index is 1280. The van der Waals surface area contributed by atoms with Gasteiger partial charge >= 0.3 is 29.6 Å². The Labute approximate surface area is 182 Å². The summed E-state index contributed by atoms with van der Waals surface area (Å²) in [6.07, 6.45) is 0. The Morgan fingerprint density at radius 3 is 2.00 bits per heavy atom. The van der Waals surface area contributed by atoms with Gasteiger partial charge in [-0.3, -0.25) is 9.11 Å². The summed E-state index contributed by atoms with van der Waals surface area (Å²) in [5, 5.41) is 18.2. The van der Waals surface area contributed by atoms with E-state index < -0.39 is 35.8 Å². The van der Waals surface area contributed by atoms with Crippen LogP contribution in [-0.2, 0) is 20.2 Å². The van der Waals surface area contributed by atoms with Gasteiger partial charge in [0.2, 0.25) is 0 Å². The molecular weight excluding hydrogens is 419 g/mol. The minimum atomic E-state index is -4.84. The first kappa shape index (κ1) is 22.4. The SMILES string of the molecule is O=S(=O)(O)c1ccc2c(N=Nc3ccccc3)c(O)c(S(=O)(=O)O)cc2c1.[Na+]. The molecule has 0 unspecified atom stereocenters. The maximum atomic E-state index is 11.6. The molecule has 0 radical (unpaired) electrons. The molecule has 0 amide bonds. The maximum absolute atomic E-state index is 11.6. The molecule has 0 aliphatic carbocycles. The van der Waals surface area contributed by atoms with Crippen LogP contribution >= 0.6 is 0 Å². The van der Waals surface area contributed by atoms with Gasteiger partial charge in [-0.2, -0.15) is 21.9 Å². The average Bonchev–Trinajstić information content (AvgIpc) is 2.59. The van der Waals surface area contributed by atoms with Crippen molar-refractivity contribution in [2.45, 2.75) is 9.79 Å². The third-order valence-corrected chi connectivity index (χ3v) is 5.34. The third kappa shape index (κ3) is 4.75. The van der Waals surface area contributed by atoms with Gasteiger partial charge in [0.05, 0.1) is 10.6 Å². The summed E-state index contributed by atoms with van der Waals surface area (Å²) < 4.78 is 64.3. The summed E-state index contributed by atoms with van der Waals surface area (Å²) >= 11 is 0. The van der Waals surface area contributed by atoms with E-state index in [2.05, 4.69) is 10.2 Å². The Morgan fingerprint density at radius 2 is 1.43 bits per heavy atom. The first-order chi connectivity index (χ1) is 12.6. The number of nitrogens with zero attached hydrogens (tertiary/aromatic N) is 2. The normalized spacial score (nSPS) is 12.2. The number of hydrogen-bond acceptors (Lipinski definition) is 7. The Balaban J connectivity index is 0.00000280. The van der Waals surface area contributed by atoms with E-state index >= 15 is 0 Å². The number of fused-ring (bicyclic) bond motifs is 1. The molecule has 3 N–H and O–H groups in total. The monoisotopic (exact) mass is 431 g/mol. The van der Waals surface area contributed by atoms with Crippen molar-refractivity contribution >= 4 is 42.4 Å². The Hall–Kier alpha value is -1.86. The van der Waals surface area contributed by atoms with Crippen molar-refractivity contribution in [3.8, 4) is 5.75 Å². The van der Waals surface area contributed by atoms with Crippen molar-refractivity contribution in [3.05, 3.63) is 54.6 Å². The zero-order chi connectivity index (χ0) is 19.8. The fraction of sp³-hybridized carbons (Fsp3) is 0. The molecule has 3 aromatic rings. The summed E-state index contributed by atoms with van der Waals surface area (Å²) in [7, 11) is -9.39. The quantitative estimate of drug-likeness (QED) is 0.308. The van der Waals surface area contributed by atoms with E-state index in [1.807, 2.05) is 0 Å². The van der Waals surface area contributed by atoms with Crippen LogP contribution in [0.3, 0.4) is 0 Å². The zero-order valence-corrected chi connectivity index (χ0v) is 18.0. The number of phenolic OH excluding ortho intramolecular Hbond substituents is 1. The molecule has 0 heterocycles. The maximum Gasteiger partial charge on any atom is 1.00 e. The van der Waals surface area contributed by atoms with Crippen LogP contribution in [0.5, 0.6) is 5.75 Å². The van der Waals surface area contributed by atoms with Crippen LogP contribution in [0.1, 0.15) is 0 Å². The molecule has 9 nitrogen and oxygen atoms in total. The van der Waals surface area contributed by atoms with E-state index in [-0.39, 0.29) is 46.0 Å². The van der Waals surface area contributed by atoms with Gasteiger partial charge < -0.3 is 5.11 Å². The molecular formula is C16H12N2NaO7S2+. The summed E-state index contributed by atoms with van der Waals surface area (Å²) in [5.41, 5.74) is 0.128. The van der Waals surface area contributed by atoms with Crippen molar-refractivity contribution in [1.82, 2.24) is 0 Å². The van der Waals surface area contributed by atoms with Gasteiger partial charge in [0.15, 0.2) is 5.75 Å². The molecule has 3 rings (SSSR count). The van der Waals surface area contributed by atoms with Crippen LogP contribution in [0, 0.1) is 0 Å². The molecule has 0 saturated heterocycles. The molecule has 0 fully saturated rings. The van der Waals surface area contributed by atoms with E-state index in [1.165, 1.54) is 6.07 Å². The summed E-state index contributed by atoms with van der Waals surface area (Å²) in [6.45, 7) is 0. The second kappa shape index (κ2) is 8.25. The van der Waals surface area contributed by atoms with Crippen LogP contribution in [0.2, 0.25) is 0 Å². The van der Waals surface area contributed by atoms with E-state index in [1.54, 1.807) is 30.3 Å². The molecule has 28 heavy (non-hydrogen) atoms. The molecule has 140 valence electrons. The van der Waals surface area contributed by atoms with Crippen molar-refractivity contribution in [1.29, 1.82) is 0 Å². The van der Waals surface area contributed by atoms with Gasteiger partial charge in [0.25, 0.3) is 20.2 Å². The van der Waals surface area contributed by atoms with Gasteiger partial charge in [-0.15, -0.1) is 5.11 Å². The summed E-state index contributed by atoms with van der Waals surface area (Å²) in [6, 6.07) is 12.5. The number of benzene rings is 3. The predicted molar refractivity (Wildman–Crippen MR) is 95.9 cm³/mol. The Kier molecular flexibility index (Phi) is 6.61. The average molecular weight is 431 g/mol. The van der Waals surface area contributed by atoms with Crippen LogP contribution in [0.15, 0.2) is 74.6 Å². The second-order valence-corrected chi connectivity index (χ2v) is 8.25. The van der Waals surface area contributed by atoms with Gasteiger partial charge in [-0.25, -0.2) is 0 Å².